The van der Waals surface area contributed by atoms with Gasteiger partial charge in [0.2, 0.25) is 0 Å². The number of benzene rings is 1. The van der Waals surface area contributed by atoms with E-state index in [4.69, 9.17) is 0 Å². The van der Waals surface area contributed by atoms with Crippen LogP contribution in [0.25, 0.3) is 0 Å². The largest absolute Gasteiger partial charge is 0.384 e. The van der Waals surface area contributed by atoms with Gasteiger partial charge in [-0.05, 0) is 38.2 Å². The SMILES string of the molecule is CCN(CC)CCCNc1ccccc1S(C)(=O)=O. The molecule has 0 aromatic heterocycles. The van der Waals surface area contributed by atoms with E-state index in [1.807, 2.05) is 12.1 Å². The maximum atomic E-state index is 11.6. The Kier molecular flexibility index (Phi) is 6.31. The number of hydrogen-bond acceptors (Lipinski definition) is 4. The molecule has 1 N–H and O–H groups in total. The van der Waals surface area contributed by atoms with E-state index in [0.717, 1.165) is 32.6 Å². The first-order chi connectivity index (χ1) is 8.99. The van der Waals surface area contributed by atoms with Gasteiger partial charge >= 0.3 is 0 Å². The second-order valence-corrected chi connectivity index (χ2v) is 6.56. The van der Waals surface area contributed by atoms with E-state index in [1.165, 1.54) is 6.26 Å². The molecule has 0 unspecified atom stereocenters. The first-order valence-corrected chi connectivity index (χ1v) is 8.63. The van der Waals surface area contributed by atoms with Crippen LogP contribution in [0.2, 0.25) is 0 Å². The van der Waals surface area contributed by atoms with Crippen LogP contribution in [0.15, 0.2) is 29.2 Å². The predicted molar refractivity (Wildman–Crippen MR) is 80.4 cm³/mol. The maximum absolute atomic E-state index is 11.6. The summed E-state index contributed by atoms with van der Waals surface area (Å²) in [4.78, 5) is 2.72. The molecule has 0 aliphatic rings. The number of nitrogens with zero attached hydrogens (tertiary/aromatic N) is 1. The van der Waals surface area contributed by atoms with Gasteiger partial charge in [-0.25, -0.2) is 8.42 Å². The average Bonchev–Trinajstić information content (AvgIpc) is 2.38. The fraction of sp³-hybridized carbons (Fsp3) is 0.571. The Hall–Kier alpha value is -1.07. The van der Waals surface area contributed by atoms with Crippen molar-refractivity contribution in [3.8, 4) is 0 Å². The molecule has 0 radical (unpaired) electrons. The van der Waals surface area contributed by atoms with Crippen molar-refractivity contribution in [2.45, 2.75) is 25.2 Å². The third-order valence-corrected chi connectivity index (χ3v) is 4.30. The van der Waals surface area contributed by atoms with Crippen molar-refractivity contribution in [3.05, 3.63) is 24.3 Å². The molecule has 19 heavy (non-hydrogen) atoms. The molecule has 0 heterocycles. The molecule has 0 spiro atoms. The molecule has 1 rings (SSSR count). The summed E-state index contributed by atoms with van der Waals surface area (Å²) in [6.07, 6.45) is 2.24. The van der Waals surface area contributed by atoms with Crippen molar-refractivity contribution in [1.82, 2.24) is 4.90 Å². The third-order valence-electron chi connectivity index (χ3n) is 3.15. The lowest BCUT2D eigenvalue weighted by atomic mass is 10.3. The zero-order valence-corrected chi connectivity index (χ0v) is 12.8. The lowest BCUT2D eigenvalue weighted by Crippen LogP contribution is -2.25. The normalized spacial score (nSPS) is 11.8. The van der Waals surface area contributed by atoms with Crippen molar-refractivity contribution in [1.29, 1.82) is 0 Å². The summed E-state index contributed by atoms with van der Waals surface area (Å²) in [5, 5.41) is 3.22. The second-order valence-electron chi connectivity index (χ2n) is 4.58. The molecule has 5 heteroatoms. The molecule has 0 amide bonds. The molecular formula is C14H24N2O2S. The molecular weight excluding hydrogens is 260 g/mol. The van der Waals surface area contributed by atoms with E-state index in [0.29, 0.717) is 10.6 Å². The molecule has 0 fully saturated rings. The molecule has 0 saturated carbocycles. The van der Waals surface area contributed by atoms with Gasteiger partial charge in [0.25, 0.3) is 0 Å². The number of para-hydroxylation sites is 1. The second kappa shape index (κ2) is 7.50. The monoisotopic (exact) mass is 284 g/mol. The Morgan fingerprint density at radius 1 is 1.16 bits per heavy atom. The highest BCUT2D eigenvalue weighted by Gasteiger charge is 2.11. The highest BCUT2D eigenvalue weighted by Crippen LogP contribution is 2.20. The molecule has 108 valence electrons. The molecule has 1 aromatic carbocycles. The smallest absolute Gasteiger partial charge is 0.177 e. The number of nitrogens with one attached hydrogen (secondary N) is 1. The van der Waals surface area contributed by atoms with Crippen molar-refractivity contribution < 1.29 is 8.42 Å². The molecule has 0 aliphatic heterocycles. The highest BCUT2D eigenvalue weighted by molar-refractivity contribution is 7.90. The van der Waals surface area contributed by atoms with E-state index in [1.54, 1.807) is 12.1 Å². The molecule has 1 aromatic rings. The standard InChI is InChI=1S/C14H24N2O2S/c1-4-16(5-2)12-8-11-15-13-9-6-7-10-14(13)19(3,17)18/h6-7,9-10,15H,4-5,8,11-12H2,1-3H3. The number of anilines is 1. The minimum absolute atomic E-state index is 0.373. The van der Waals surface area contributed by atoms with Crippen molar-refractivity contribution in [2.75, 3.05) is 37.8 Å². The summed E-state index contributed by atoms with van der Waals surface area (Å²) in [6, 6.07) is 7.05. The first kappa shape index (κ1) is 16.0. The van der Waals surface area contributed by atoms with Crippen LogP contribution >= 0.6 is 0 Å². The van der Waals surface area contributed by atoms with Crippen molar-refractivity contribution in [2.24, 2.45) is 0 Å². The van der Waals surface area contributed by atoms with Gasteiger partial charge in [0.15, 0.2) is 9.84 Å². The average molecular weight is 284 g/mol. The fourth-order valence-electron chi connectivity index (χ4n) is 2.00. The summed E-state index contributed by atoms with van der Waals surface area (Å²) < 4.78 is 23.3. The van der Waals surface area contributed by atoms with E-state index in [2.05, 4.69) is 24.1 Å². The minimum atomic E-state index is -3.17. The van der Waals surface area contributed by atoms with Crippen molar-refractivity contribution >= 4 is 15.5 Å². The van der Waals surface area contributed by atoms with Crippen LogP contribution in [0.4, 0.5) is 5.69 Å². The van der Waals surface area contributed by atoms with Gasteiger partial charge in [-0.15, -0.1) is 0 Å². The quantitative estimate of drug-likeness (QED) is 0.744. The van der Waals surface area contributed by atoms with Gasteiger partial charge in [0.05, 0.1) is 10.6 Å². The molecule has 0 aliphatic carbocycles. The maximum Gasteiger partial charge on any atom is 0.177 e. The van der Waals surface area contributed by atoms with Crippen LogP contribution in [0.1, 0.15) is 20.3 Å². The summed E-state index contributed by atoms with van der Waals surface area (Å²) in [5.74, 6) is 0. The summed E-state index contributed by atoms with van der Waals surface area (Å²) in [6.45, 7) is 8.21. The summed E-state index contributed by atoms with van der Waals surface area (Å²) in [5.41, 5.74) is 0.699. The van der Waals surface area contributed by atoms with Gasteiger partial charge in [-0.1, -0.05) is 26.0 Å². The van der Waals surface area contributed by atoms with Gasteiger partial charge in [-0.2, -0.15) is 0 Å². The lowest BCUT2D eigenvalue weighted by Gasteiger charge is -2.18. The lowest BCUT2D eigenvalue weighted by molar-refractivity contribution is 0.303. The van der Waals surface area contributed by atoms with E-state index >= 15 is 0 Å². The predicted octanol–water partition coefficient (Wildman–Crippen LogP) is 2.23. The Balaban J connectivity index is 2.55. The van der Waals surface area contributed by atoms with Crippen molar-refractivity contribution in [3.63, 3.8) is 0 Å². The molecule has 0 bridgehead atoms. The molecule has 0 atom stereocenters. The van der Waals surface area contributed by atoms with Gasteiger partial charge in [-0.3, -0.25) is 0 Å². The Labute approximate surface area is 116 Å². The number of hydrogen-bond donors (Lipinski definition) is 1. The van der Waals surface area contributed by atoms with Gasteiger partial charge in [0.1, 0.15) is 0 Å². The van der Waals surface area contributed by atoms with Crippen LogP contribution in [0.5, 0.6) is 0 Å². The van der Waals surface area contributed by atoms with Crippen LogP contribution in [-0.4, -0.2) is 45.8 Å². The molecule has 0 saturated heterocycles. The zero-order valence-electron chi connectivity index (χ0n) is 12.0. The highest BCUT2D eigenvalue weighted by atomic mass is 32.2. The summed E-state index contributed by atoms with van der Waals surface area (Å²) >= 11 is 0. The van der Waals surface area contributed by atoms with Gasteiger partial charge in [0, 0.05) is 12.8 Å². The first-order valence-electron chi connectivity index (χ1n) is 6.74. The van der Waals surface area contributed by atoms with Crippen LogP contribution < -0.4 is 5.32 Å². The molecule has 4 nitrogen and oxygen atoms in total. The summed E-state index contributed by atoms with van der Waals surface area (Å²) in [7, 11) is -3.17. The number of rotatable bonds is 8. The van der Waals surface area contributed by atoms with Crippen LogP contribution in [0, 0.1) is 0 Å². The van der Waals surface area contributed by atoms with E-state index in [-0.39, 0.29) is 0 Å². The Morgan fingerprint density at radius 3 is 2.37 bits per heavy atom. The fourth-order valence-corrected chi connectivity index (χ4v) is 2.87. The van der Waals surface area contributed by atoms with Crippen LogP contribution in [0.3, 0.4) is 0 Å². The zero-order chi connectivity index (χ0) is 14.3. The van der Waals surface area contributed by atoms with E-state index in [9.17, 15) is 8.42 Å². The van der Waals surface area contributed by atoms with Crippen LogP contribution in [-0.2, 0) is 9.84 Å². The minimum Gasteiger partial charge on any atom is -0.384 e. The Bertz CT molecular complexity index is 482. The topological polar surface area (TPSA) is 49.4 Å². The number of sulfone groups is 1. The Morgan fingerprint density at radius 2 is 1.79 bits per heavy atom. The van der Waals surface area contributed by atoms with Gasteiger partial charge < -0.3 is 10.2 Å². The van der Waals surface area contributed by atoms with E-state index < -0.39 is 9.84 Å². The third kappa shape index (κ3) is 5.20.